The van der Waals surface area contributed by atoms with Crippen LogP contribution in [-0.2, 0) is 4.74 Å². The fourth-order valence-electron chi connectivity index (χ4n) is 4.51. The van der Waals surface area contributed by atoms with E-state index in [-0.39, 0.29) is 0 Å². The maximum Gasteiger partial charge on any atom is 0.222 e. The molecule has 0 bridgehead atoms. The molecular formula is C27H36N6O2. The van der Waals surface area contributed by atoms with E-state index in [0.717, 1.165) is 55.8 Å². The van der Waals surface area contributed by atoms with Gasteiger partial charge in [-0.25, -0.2) is 0 Å². The predicted octanol–water partition coefficient (Wildman–Crippen LogP) is 4.63. The van der Waals surface area contributed by atoms with Gasteiger partial charge in [0.1, 0.15) is 12.3 Å². The Balaban J connectivity index is 1.59. The summed E-state index contributed by atoms with van der Waals surface area (Å²) in [5.74, 6) is 1.30. The Morgan fingerprint density at radius 2 is 2.03 bits per heavy atom. The molecule has 0 aliphatic carbocycles. The van der Waals surface area contributed by atoms with Crippen molar-refractivity contribution in [3.63, 3.8) is 0 Å². The van der Waals surface area contributed by atoms with Crippen molar-refractivity contribution in [2.24, 2.45) is 0 Å². The Kier molecular flexibility index (Phi) is 8.02. The second kappa shape index (κ2) is 11.4. The van der Waals surface area contributed by atoms with E-state index in [9.17, 15) is 0 Å². The van der Waals surface area contributed by atoms with Crippen molar-refractivity contribution < 1.29 is 9.47 Å². The number of nitrogens with zero attached hydrogens (tertiary/aromatic N) is 6. The van der Waals surface area contributed by atoms with Crippen LogP contribution in [0, 0.1) is 6.92 Å². The van der Waals surface area contributed by atoms with Crippen molar-refractivity contribution in [1.82, 2.24) is 19.8 Å². The lowest BCUT2D eigenvalue weighted by Gasteiger charge is -2.30. The van der Waals surface area contributed by atoms with Crippen LogP contribution >= 0.6 is 0 Å². The molecule has 0 unspecified atom stereocenters. The molecule has 35 heavy (non-hydrogen) atoms. The minimum atomic E-state index is 0.585. The van der Waals surface area contributed by atoms with Gasteiger partial charge in [-0.1, -0.05) is 44.7 Å². The third-order valence-electron chi connectivity index (χ3n) is 6.31. The molecule has 3 heterocycles. The van der Waals surface area contributed by atoms with Gasteiger partial charge in [0.25, 0.3) is 0 Å². The molecule has 1 aliphatic rings. The number of anilines is 2. The van der Waals surface area contributed by atoms with Crippen LogP contribution in [0.2, 0.25) is 0 Å². The van der Waals surface area contributed by atoms with Gasteiger partial charge in [0.05, 0.1) is 19.3 Å². The summed E-state index contributed by atoms with van der Waals surface area (Å²) in [6.45, 7) is 15.8. The molecule has 0 amide bonds. The number of hydrogen-bond donors (Lipinski definition) is 0. The van der Waals surface area contributed by atoms with Crippen molar-refractivity contribution in [3.8, 4) is 5.75 Å². The first kappa shape index (κ1) is 24.7. The van der Waals surface area contributed by atoms with Crippen LogP contribution in [0.1, 0.15) is 43.6 Å². The van der Waals surface area contributed by atoms with Crippen LogP contribution in [0.5, 0.6) is 5.75 Å². The quantitative estimate of drug-likeness (QED) is 0.374. The molecule has 0 atom stereocenters. The molecular weight excluding hydrogens is 440 g/mol. The van der Waals surface area contributed by atoms with Crippen LogP contribution < -0.4 is 14.5 Å². The first-order valence-corrected chi connectivity index (χ1v) is 12.4. The lowest BCUT2D eigenvalue weighted by Crippen LogP contribution is -2.35. The maximum atomic E-state index is 5.96. The van der Waals surface area contributed by atoms with Crippen LogP contribution in [-0.4, -0.2) is 66.3 Å². The molecule has 0 fully saturated rings. The molecule has 4 rings (SSSR count). The SMILES string of the molecule is C=C(/C=C\c1cccc(N(CCC)CCC)c1C)c1nnc2c3c(cnn12)N(CCOC)CCO3. The van der Waals surface area contributed by atoms with E-state index < -0.39 is 0 Å². The first-order valence-electron chi connectivity index (χ1n) is 12.4. The normalized spacial score (nSPS) is 13.3. The van der Waals surface area contributed by atoms with Gasteiger partial charge in [0, 0.05) is 38.0 Å². The van der Waals surface area contributed by atoms with Gasteiger partial charge in [-0.3, -0.25) is 0 Å². The number of benzene rings is 1. The summed E-state index contributed by atoms with van der Waals surface area (Å²) in [5.41, 5.74) is 5.97. The zero-order valence-electron chi connectivity index (χ0n) is 21.3. The van der Waals surface area contributed by atoms with Gasteiger partial charge in [-0.05, 0) is 37.0 Å². The summed E-state index contributed by atoms with van der Waals surface area (Å²) in [6, 6.07) is 6.47. The lowest BCUT2D eigenvalue weighted by atomic mass is 10.0. The molecule has 1 aliphatic heterocycles. The Morgan fingerprint density at radius 3 is 2.77 bits per heavy atom. The largest absolute Gasteiger partial charge is 0.486 e. The van der Waals surface area contributed by atoms with Gasteiger partial charge in [-0.15, -0.1) is 10.2 Å². The monoisotopic (exact) mass is 476 g/mol. The van der Waals surface area contributed by atoms with Gasteiger partial charge < -0.3 is 19.3 Å². The van der Waals surface area contributed by atoms with Crippen molar-refractivity contribution in [3.05, 3.63) is 54.0 Å². The van der Waals surface area contributed by atoms with Gasteiger partial charge in [0.15, 0.2) is 11.6 Å². The number of aromatic nitrogens is 4. The Hall–Kier alpha value is -3.39. The molecule has 186 valence electrons. The average Bonchev–Trinajstić information content (AvgIpc) is 3.31. The summed E-state index contributed by atoms with van der Waals surface area (Å²) in [5, 5.41) is 13.4. The molecule has 0 saturated heterocycles. The van der Waals surface area contributed by atoms with E-state index in [0.29, 0.717) is 30.4 Å². The molecule has 1 aromatic carbocycles. The number of methoxy groups -OCH3 is 1. The first-order chi connectivity index (χ1) is 17.1. The Labute approximate surface area is 207 Å². The predicted molar refractivity (Wildman–Crippen MR) is 142 cm³/mol. The third kappa shape index (κ3) is 5.17. The number of ether oxygens (including phenoxy) is 2. The van der Waals surface area contributed by atoms with E-state index in [1.165, 1.54) is 11.3 Å². The van der Waals surface area contributed by atoms with Gasteiger partial charge >= 0.3 is 0 Å². The third-order valence-corrected chi connectivity index (χ3v) is 6.31. The van der Waals surface area contributed by atoms with Crippen LogP contribution in [0.15, 0.2) is 37.1 Å². The molecule has 2 aromatic heterocycles. The fraction of sp³-hybridized carbons (Fsp3) is 0.444. The second-order valence-electron chi connectivity index (χ2n) is 8.78. The number of allylic oxidation sites excluding steroid dienone is 2. The average molecular weight is 477 g/mol. The highest BCUT2D eigenvalue weighted by Gasteiger charge is 2.24. The highest BCUT2D eigenvalue weighted by atomic mass is 16.5. The second-order valence-corrected chi connectivity index (χ2v) is 8.78. The van der Waals surface area contributed by atoms with E-state index in [2.05, 4.69) is 76.7 Å². The number of rotatable bonds is 11. The van der Waals surface area contributed by atoms with Crippen LogP contribution in [0.4, 0.5) is 11.4 Å². The lowest BCUT2D eigenvalue weighted by molar-refractivity contribution is 0.201. The van der Waals surface area contributed by atoms with Crippen molar-refractivity contribution in [2.75, 3.05) is 56.3 Å². The number of hydrogen-bond acceptors (Lipinski definition) is 7. The molecule has 8 nitrogen and oxygen atoms in total. The van der Waals surface area contributed by atoms with E-state index in [1.807, 2.05) is 12.3 Å². The Morgan fingerprint density at radius 1 is 1.23 bits per heavy atom. The summed E-state index contributed by atoms with van der Waals surface area (Å²) in [6.07, 6.45) is 8.14. The minimum Gasteiger partial charge on any atom is -0.486 e. The van der Waals surface area contributed by atoms with E-state index in [4.69, 9.17) is 9.47 Å². The highest BCUT2D eigenvalue weighted by Crippen LogP contribution is 2.34. The van der Waals surface area contributed by atoms with Crippen molar-refractivity contribution >= 4 is 28.7 Å². The summed E-state index contributed by atoms with van der Waals surface area (Å²) in [4.78, 5) is 4.67. The van der Waals surface area contributed by atoms with Crippen LogP contribution in [0.3, 0.4) is 0 Å². The fourth-order valence-corrected chi connectivity index (χ4v) is 4.51. The van der Waals surface area contributed by atoms with E-state index >= 15 is 0 Å². The Bertz CT molecular complexity index is 1200. The summed E-state index contributed by atoms with van der Waals surface area (Å²) >= 11 is 0. The molecule has 3 aromatic rings. The number of fused-ring (bicyclic) bond motifs is 3. The molecule has 0 spiro atoms. The minimum absolute atomic E-state index is 0.585. The molecule has 0 N–H and O–H groups in total. The standard InChI is InChI=1S/C27H36N6O2/c1-6-13-31(14-7-2)23-10-8-9-22(21(23)4)12-11-20(3)26-29-30-27-25-24(19-28-33(26)27)32(15-17-34-5)16-18-35-25/h8-12,19H,3,6-7,13-18H2,1-2,4-5H3/b12-11-. The summed E-state index contributed by atoms with van der Waals surface area (Å²) in [7, 11) is 1.71. The molecule has 0 radical (unpaired) electrons. The van der Waals surface area contributed by atoms with Crippen molar-refractivity contribution in [2.45, 2.75) is 33.6 Å². The zero-order chi connectivity index (χ0) is 24.8. The molecule has 0 saturated carbocycles. The van der Waals surface area contributed by atoms with E-state index in [1.54, 1.807) is 11.6 Å². The van der Waals surface area contributed by atoms with Crippen LogP contribution in [0.25, 0.3) is 17.3 Å². The van der Waals surface area contributed by atoms with Gasteiger partial charge in [0.2, 0.25) is 5.65 Å². The maximum absolute atomic E-state index is 5.96. The molecule has 8 heteroatoms. The smallest absolute Gasteiger partial charge is 0.222 e. The topological polar surface area (TPSA) is 68.0 Å². The van der Waals surface area contributed by atoms with Gasteiger partial charge in [-0.2, -0.15) is 9.61 Å². The van der Waals surface area contributed by atoms with Crippen molar-refractivity contribution in [1.29, 1.82) is 0 Å². The summed E-state index contributed by atoms with van der Waals surface area (Å²) < 4.78 is 12.9. The zero-order valence-corrected chi connectivity index (χ0v) is 21.3. The highest BCUT2D eigenvalue weighted by molar-refractivity contribution is 5.78.